The second kappa shape index (κ2) is 6.75. The van der Waals surface area contributed by atoms with Crippen molar-refractivity contribution in [2.24, 2.45) is 23.6 Å². The van der Waals surface area contributed by atoms with Gasteiger partial charge in [-0.25, -0.2) is 0 Å². The van der Waals surface area contributed by atoms with Crippen molar-refractivity contribution < 1.29 is 13.2 Å². The first-order valence-corrected chi connectivity index (χ1v) is 6.91. The molecule has 0 spiro atoms. The first-order chi connectivity index (χ1) is 8.38. The number of nitrogens with two attached hydrogens (primary N) is 1. The highest BCUT2D eigenvalue weighted by Crippen LogP contribution is 2.41. The van der Waals surface area contributed by atoms with E-state index in [1.165, 1.54) is 0 Å². The molecule has 18 heavy (non-hydrogen) atoms. The molecule has 2 atom stereocenters. The Morgan fingerprint density at radius 2 is 1.78 bits per heavy atom. The van der Waals surface area contributed by atoms with E-state index in [2.05, 4.69) is 19.3 Å². The highest BCUT2D eigenvalue weighted by molar-refractivity contribution is 4.84. The smallest absolute Gasteiger partial charge is 0.271 e. The van der Waals surface area contributed by atoms with Crippen molar-refractivity contribution in [1.29, 1.82) is 0 Å². The van der Waals surface area contributed by atoms with Crippen molar-refractivity contribution >= 4 is 0 Å². The maximum Gasteiger partial charge on any atom is 0.391 e. The van der Waals surface area contributed by atoms with E-state index in [4.69, 9.17) is 5.84 Å². The van der Waals surface area contributed by atoms with Crippen LogP contribution in [-0.2, 0) is 0 Å². The topological polar surface area (TPSA) is 38.0 Å². The van der Waals surface area contributed by atoms with Crippen molar-refractivity contribution in [2.45, 2.75) is 64.6 Å². The number of alkyl halides is 3. The summed E-state index contributed by atoms with van der Waals surface area (Å²) in [7, 11) is 0. The van der Waals surface area contributed by atoms with Crippen molar-refractivity contribution in [3.8, 4) is 0 Å². The van der Waals surface area contributed by atoms with Crippen LogP contribution in [-0.4, -0.2) is 12.2 Å². The maximum atomic E-state index is 12.6. The molecule has 0 saturated heterocycles. The van der Waals surface area contributed by atoms with E-state index in [1.807, 2.05) is 0 Å². The van der Waals surface area contributed by atoms with Gasteiger partial charge in [-0.15, -0.1) is 0 Å². The fraction of sp³-hybridized carbons (Fsp3) is 1.00. The predicted octanol–water partition coefficient (Wildman–Crippen LogP) is 3.62. The lowest BCUT2D eigenvalue weighted by Gasteiger charge is -2.35. The lowest BCUT2D eigenvalue weighted by atomic mass is 9.76. The third-order valence-electron chi connectivity index (χ3n) is 4.37. The summed E-state index contributed by atoms with van der Waals surface area (Å²) >= 11 is 0. The maximum absolute atomic E-state index is 12.6. The van der Waals surface area contributed by atoms with Crippen LogP contribution < -0.4 is 11.3 Å². The fourth-order valence-corrected chi connectivity index (χ4v) is 2.85. The SMILES string of the molecule is CCC(C)CC(NN)C1CCC(C(F)(F)F)CC1. The predicted molar refractivity (Wildman–Crippen MR) is 66.7 cm³/mol. The van der Waals surface area contributed by atoms with Gasteiger partial charge >= 0.3 is 6.18 Å². The molecule has 0 aromatic carbocycles. The van der Waals surface area contributed by atoms with Gasteiger partial charge in [0.05, 0.1) is 5.92 Å². The van der Waals surface area contributed by atoms with Crippen LogP contribution in [0.5, 0.6) is 0 Å². The molecule has 2 unspecified atom stereocenters. The van der Waals surface area contributed by atoms with E-state index in [9.17, 15) is 13.2 Å². The molecule has 0 aromatic rings. The van der Waals surface area contributed by atoms with Crippen LogP contribution >= 0.6 is 0 Å². The Balaban J connectivity index is 2.45. The van der Waals surface area contributed by atoms with Gasteiger partial charge in [-0.3, -0.25) is 11.3 Å². The molecule has 0 amide bonds. The van der Waals surface area contributed by atoms with Crippen LogP contribution in [0.1, 0.15) is 52.4 Å². The molecule has 5 heteroatoms. The van der Waals surface area contributed by atoms with Gasteiger partial charge in [0.1, 0.15) is 0 Å². The summed E-state index contributed by atoms with van der Waals surface area (Å²) in [6.45, 7) is 4.28. The Hall–Kier alpha value is -0.290. The van der Waals surface area contributed by atoms with E-state index >= 15 is 0 Å². The normalized spacial score (nSPS) is 29.0. The van der Waals surface area contributed by atoms with Gasteiger partial charge in [0.15, 0.2) is 0 Å². The molecule has 0 aromatic heterocycles. The Morgan fingerprint density at radius 1 is 1.22 bits per heavy atom. The van der Waals surface area contributed by atoms with Gasteiger partial charge in [-0.2, -0.15) is 13.2 Å². The third-order valence-corrected chi connectivity index (χ3v) is 4.37. The van der Waals surface area contributed by atoms with E-state index in [-0.39, 0.29) is 18.9 Å². The summed E-state index contributed by atoms with van der Waals surface area (Å²) in [5.41, 5.74) is 2.81. The molecular weight excluding hydrogens is 241 g/mol. The summed E-state index contributed by atoms with van der Waals surface area (Å²) in [5.74, 6) is 5.31. The summed E-state index contributed by atoms with van der Waals surface area (Å²) < 4.78 is 37.7. The second-order valence-electron chi connectivity index (χ2n) is 5.68. The zero-order chi connectivity index (χ0) is 13.8. The molecule has 1 aliphatic rings. The molecular formula is C13H25F3N2. The Bertz CT molecular complexity index is 235. The number of halogens is 3. The van der Waals surface area contributed by atoms with E-state index in [0.717, 1.165) is 12.8 Å². The lowest BCUT2D eigenvalue weighted by Crippen LogP contribution is -2.44. The zero-order valence-electron chi connectivity index (χ0n) is 11.3. The van der Waals surface area contributed by atoms with Gasteiger partial charge in [-0.1, -0.05) is 20.3 Å². The highest BCUT2D eigenvalue weighted by Gasteiger charge is 2.42. The van der Waals surface area contributed by atoms with Crippen molar-refractivity contribution in [3.05, 3.63) is 0 Å². The minimum Gasteiger partial charge on any atom is -0.271 e. The first kappa shape index (κ1) is 15.8. The van der Waals surface area contributed by atoms with Crippen LogP contribution in [0.25, 0.3) is 0 Å². The molecule has 1 aliphatic carbocycles. The molecule has 108 valence electrons. The minimum absolute atomic E-state index is 0.161. The van der Waals surface area contributed by atoms with E-state index in [1.54, 1.807) is 0 Å². The molecule has 3 N–H and O–H groups in total. The Morgan fingerprint density at radius 3 is 2.17 bits per heavy atom. The molecule has 0 aliphatic heterocycles. The quantitative estimate of drug-likeness (QED) is 0.589. The van der Waals surface area contributed by atoms with Gasteiger partial charge in [0.2, 0.25) is 0 Å². The standard InChI is InChI=1S/C13H25F3N2/c1-3-9(2)8-12(18-17)10-4-6-11(7-5-10)13(14,15)16/h9-12,18H,3-8,17H2,1-2H3. The zero-order valence-corrected chi connectivity index (χ0v) is 11.3. The number of hydrogen-bond donors (Lipinski definition) is 2. The summed E-state index contributed by atoms with van der Waals surface area (Å²) in [6, 6.07) is 0.161. The molecule has 0 heterocycles. The van der Waals surface area contributed by atoms with Gasteiger partial charge in [0, 0.05) is 6.04 Å². The second-order valence-corrected chi connectivity index (χ2v) is 5.68. The van der Waals surface area contributed by atoms with Gasteiger partial charge in [0.25, 0.3) is 0 Å². The minimum atomic E-state index is -4.02. The number of nitrogens with one attached hydrogen (secondary N) is 1. The molecule has 0 radical (unpaired) electrons. The van der Waals surface area contributed by atoms with Gasteiger partial charge in [-0.05, 0) is 43.9 Å². The molecule has 2 nitrogen and oxygen atoms in total. The largest absolute Gasteiger partial charge is 0.391 e. The summed E-state index contributed by atoms with van der Waals surface area (Å²) in [4.78, 5) is 0. The third kappa shape index (κ3) is 4.43. The Kier molecular flexibility index (Phi) is 5.92. The number of hydrogen-bond acceptors (Lipinski definition) is 2. The van der Waals surface area contributed by atoms with Gasteiger partial charge < -0.3 is 0 Å². The van der Waals surface area contributed by atoms with E-state index < -0.39 is 12.1 Å². The molecule has 1 fully saturated rings. The number of rotatable bonds is 5. The average Bonchev–Trinajstić information content (AvgIpc) is 2.34. The van der Waals surface area contributed by atoms with Crippen molar-refractivity contribution in [2.75, 3.05) is 0 Å². The molecule has 0 bridgehead atoms. The fourth-order valence-electron chi connectivity index (χ4n) is 2.85. The number of hydrazine groups is 1. The van der Waals surface area contributed by atoms with Crippen LogP contribution in [0.15, 0.2) is 0 Å². The van der Waals surface area contributed by atoms with Crippen molar-refractivity contribution in [1.82, 2.24) is 5.43 Å². The molecule has 1 rings (SSSR count). The Labute approximate surface area is 107 Å². The van der Waals surface area contributed by atoms with Crippen LogP contribution in [0.4, 0.5) is 13.2 Å². The summed E-state index contributed by atoms with van der Waals surface area (Å²) in [5, 5.41) is 0. The molecule has 1 saturated carbocycles. The summed E-state index contributed by atoms with van der Waals surface area (Å²) in [6.07, 6.45) is -0.206. The van der Waals surface area contributed by atoms with Crippen LogP contribution in [0.2, 0.25) is 0 Å². The average molecular weight is 266 g/mol. The van der Waals surface area contributed by atoms with Crippen LogP contribution in [0.3, 0.4) is 0 Å². The highest BCUT2D eigenvalue weighted by atomic mass is 19.4. The first-order valence-electron chi connectivity index (χ1n) is 6.91. The van der Waals surface area contributed by atoms with Crippen molar-refractivity contribution in [3.63, 3.8) is 0 Å². The monoisotopic (exact) mass is 266 g/mol. The lowest BCUT2D eigenvalue weighted by molar-refractivity contribution is -0.184. The van der Waals surface area contributed by atoms with Crippen LogP contribution in [0, 0.1) is 17.8 Å². The van der Waals surface area contributed by atoms with E-state index in [0.29, 0.717) is 24.7 Å².